The zero-order chi connectivity index (χ0) is 57.3. The fourth-order valence-electron chi connectivity index (χ4n) is 7.00. The number of benzene rings is 8. The summed E-state index contributed by atoms with van der Waals surface area (Å²) >= 11 is 0. The highest BCUT2D eigenvalue weighted by molar-refractivity contribution is 6.00. The number of nitrogens with two attached hydrogens (primary N) is 4. The number of rotatable bonds is 15. The standard InChI is InChI=1S/C17H18N2O2.C16H16N2O2.C16H18N2.C15H15N3O2/c1-12-3-5-13(6-4-12)11-19-16(18)14-7-9-15(10-8-14)17(20)21-2;1-11-2-4-12(5-3-11)10-18-15(17)13-6-8-14(9-7-13)16(19)20;1-12-3-7-14(8-4-12)11-18-16(17)15-9-5-13(2)6-10-15;1-11-2-4-12(5-3-11)10-17-15(16)13-6-8-14(9-7-13)18(19)20/h3-10H,11H2,1-2H3,(H2,18,19);2-9H,10H2,1H3,(H2,17,18)(H,19,20);3-10H,11H2,1-2H3,(H2,17,18);2-9H,10H2,1H3,(H2,16,17). The van der Waals surface area contributed by atoms with Crippen molar-refractivity contribution in [1.82, 2.24) is 0 Å². The number of nitrogens with zero attached hydrogens (tertiary/aromatic N) is 5. The molecular formula is C64H67N9O6. The number of carboxylic acids is 1. The molecule has 15 nitrogen and oxygen atoms in total. The molecule has 0 aliphatic rings. The molecule has 0 atom stereocenters. The lowest BCUT2D eigenvalue weighted by atomic mass is 10.1. The topological polar surface area (TPSA) is 260 Å². The minimum absolute atomic E-state index is 0.0417. The first-order chi connectivity index (χ1) is 37.9. The van der Waals surface area contributed by atoms with Crippen molar-refractivity contribution in [1.29, 1.82) is 0 Å². The van der Waals surface area contributed by atoms with Gasteiger partial charge in [0.2, 0.25) is 0 Å². The second kappa shape index (κ2) is 30.5. The Hall–Kier alpha value is -10.0. The van der Waals surface area contributed by atoms with Gasteiger partial charge in [-0.05, 0) is 93.3 Å². The molecule has 0 fully saturated rings. The van der Waals surface area contributed by atoms with Gasteiger partial charge in [-0.1, -0.05) is 173 Å². The maximum atomic E-state index is 11.3. The van der Waals surface area contributed by atoms with Gasteiger partial charge in [0.15, 0.2) is 0 Å². The molecule has 79 heavy (non-hydrogen) atoms. The first kappa shape index (κ1) is 59.9. The van der Waals surface area contributed by atoms with Crippen LogP contribution in [0, 0.1) is 44.7 Å². The van der Waals surface area contributed by atoms with Crippen LogP contribution in [-0.4, -0.2) is 52.4 Å². The van der Waals surface area contributed by atoms with Crippen LogP contribution >= 0.6 is 0 Å². The molecule has 0 saturated carbocycles. The monoisotopic (exact) mass is 1060 g/mol. The van der Waals surface area contributed by atoms with Gasteiger partial charge in [-0.3, -0.25) is 30.1 Å². The summed E-state index contributed by atoms with van der Waals surface area (Å²) in [5.41, 5.74) is 38.2. The van der Waals surface area contributed by atoms with Gasteiger partial charge in [-0.15, -0.1) is 0 Å². The van der Waals surface area contributed by atoms with Crippen LogP contribution in [0.2, 0.25) is 0 Å². The van der Waals surface area contributed by atoms with Crippen molar-refractivity contribution in [3.63, 3.8) is 0 Å². The Morgan fingerprint density at radius 1 is 0.392 bits per heavy atom. The summed E-state index contributed by atoms with van der Waals surface area (Å²) in [6.07, 6.45) is 0. The van der Waals surface area contributed by atoms with Crippen molar-refractivity contribution in [2.24, 2.45) is 42.9 Å². The van der Waals surface area contributed by atoms with Gasteiger partial charge in [0.25, 0.3) is 5.69 Å². The smallest absolute Gasteiger partial charge is 0.337 e. The van der Waals surface area contributed by atoms with Crippen LogP contribution in [0.4, 0.5) is 5.69 Å². The first-order valence-corrected chi connectivity index (χ1v) is 25.1. The van der Waals surface area contributed by atoms with Crippen molar-refractivity contribution >= 4 is 41.0 Å². The van der Waals surface area contributed by atoms with Crippen LogP contribution in [0.1, 0.15) is 93.0 Å². The average Bonchev–Trinajstić information content (AvgIpc) is 3.46. The Morgan fingerprint density at radius 2 is 0.608 bits per heavy atom. The van der Waals surface area contributed by atoms with Crippen LogP contribution in [0.25, 0.3) is 0 Å². The van der Waals surface area contributed by atoms with E-state index in [0.29, 0.717) is 60.6 Å². The minimum atomic E-state index is -0.952. The van der Waals surface area contributed by atoms with Gasteiger partial charge in [0.1, 0.15) is 23.3 Å². The van der Waals surface area contributed by atoms with E-state index in [-0.39, 0.29) is 17.2 Å². The number of aliphatic imine (C=N–C) groups is 4. The molecule has 0 amide bonds. The number of amidine groups is 4. The summed E-state index contributed by atoms with van der Waals surface area (Å²) in [7, 11) is 1.35. The highest BCUT2D eigenvalue weighted by atomic mass is 16.6. The number of aryl methyl sites for hydroxylation is 5. The number of methoxy groups -OCH3 is 1. The second-order valence-electron chi connectivity index (χ2n) is 18.4. The number of ether oxygens (including phenoxy) is 1. The number of esters is 1. The number of carbonyl (C=O) groups excluding carboxylic acids is 1. The van der Waals surface area contributed by atoms with Crippen LogP contribution in [-0.2, 0) is 30.9 Å². The van der Waals surface area contributed by atoms with Crippen molar-refractivity contribution in [3.05, 3.63) is 288 Å². The summed E-state index contributed by atoms with van der Waals surface area (Å²) in [6.45, 7) is 12.4. The average molecular weight is 1060 g/mol. The van der Waals surface area contributed by atoms with Crippen molar-refractivity contribution in [2.75, 3.05) is 7.11 Å². The predicted molar refractivity (Wildman–Crippen MR) is 318 cm³/mol. The first-order valence-electron chi connectivity index (χ1n) is 25.1. The molecule has 8 rings (SSSR count). The number of nitro groups is 1. The Kier molecular flexibility index (Phi) is 23.1. The lowest BCUT2D eigenvalue weighted by molar-refractivity contribution is -0.384. The molecule has 0 radical (unpaired) electrons. The molecule has 0 heterocycles. The summed E-state index contributed by atoms with van der Waals surface area (Å²) in [5.74, 6) is 0.508. The number of aromatic carboxylic acids is 1. The third kappa shape index (κ3) is 20.6. The highest BCUT2D eigenvalue weighted by Gasteiger charge is 2.08. The number of nitro benzene ring substituents is 1. The van der Waals surface area contributed by atoms with E-state index in [9.17, 15) is 19.7 Å². The molecule has 0 aliphatic carbocycles. The SMILES string of the molecule is COC(=O)c1ccc(C(N)=NCc2ccc(C)cc2)cc1.Cc1ccc(CN=C(N)c2ccc(C(=O)O)cc2)cc1.Cc1ccc(CN=C(N)c2ccc(C)cc2)cc1.Cc1ccc(CN=C(N)c2ccc([N+](=O)[O-])cc2)cc1. The summed E-state index contributed by atoms with van der Waals surface area (Å²) in [4.78, 5) is 49.6. The normalized spacial score (nSPS) is 11.4. The van der Waals surface area contributed by atoms with Gasteiger partial charge in [-0.2, -0.15) is 0 Å². The van der Waals surface area contributed by atoms with E-state index in [1.807, 2.05) is 118 Å². The zero-order valence-electron chi connectivity index (χ0n) is 45.3. The highest BCUT2D eigenvalue weighted by Crippen LogP contribution is 2.14. The lowest BCUT2D eigenvalue weighted by Crippen LogP contribution is -2.14. The maximum absolute atomic E-state index is 11.3. The summed E-state index contributed by atoms with van der Waals surface area (Å²) in [6, 6.07) is 60.0. The Balaban J connectivity index is 0.000000194. The molecule has 0 unspecified atom stereocenters. The number of carbonyl (C=O) groups is 2. The van der Waals surface area contributed by atoms with Crippen LogP contribution in [0.15, 0.2) is 214 Å². The predicted octanol–water partition coefficient (Wildman–Crippen LogP) is 11.3. The van der Waals surface area contributed by atoms with Gasteiger partial charge in [0, 0.05) is 34.4 Å². The molecule has 0 aliphatic heterocycles. The molecule has 0 aromatic heterocycles. The van der Waals surface area contributed by atoms with E-state index in [0.717, 1.165) is 33.4 Å². The second-order valence-corrected chi connectivity index (χ2v) is 18.4. The quantitative estimate of drug-likeness (QED) is 0.0213. The molecule has 0 saturated heterocycles. The molecule has 8 aromatic carbocycles. The van der Waals surface area contributed by atoms with Gasteiger partial charge in [0.05, 0.1) is 49.3 Å². The minimum Gasteiger partial charge on any atom is -0.478 e. The molecular weight excluding hydrogens is 991 g/mol. The van der Waals surface area contributed by atoms with E-state index in [2.05, 4.69) is 62.8 Å². The molecule has 404 valence electrons. The maximum Gasteiger partial charge on any atom is 0.337 e. The molecule has 9 N–H and O–H groups in total. The van der Waals surface area contributed by atoms with Crippen molar-refractivity contribution in [2.45, 2.75) is 60.8 Å². The molecule has 15 heteroatoms. The van der Waals surface area contributed by atoms with E-state index in [4.69, 9.17) is 28.0 Å². The van der Waals surface area contributed by atoms with E-state index >= 15 is 0 Å². The van der Waals surface area contributed by atoms with Crippen LogP contribution in [0.3, 0.4) is 0 Å². The molecule has 0 spiro atoms. The number of non-ortho nitro benzene ring substituents is 1. The lowest BCUT2D eigenvalue weighted by Gasteiger charge is -2.04. The van der Waals surface area contributed by atoms with Crippen LogP contribution in [0.5, 0.6) is 0 Å². The van der Waals surface area contributed by atoms with Gasteiger partial charge >= 0.3 is 11.9 Å². The third-order valence-electron chi connectivity index (χ3n) is 12.0. The summed E-state index contributed by atoms with van der Waals surface area (Å²) < 4.78 is 4.65. The molecule has 8 aromatic rings. The summed E-state index contributed by atoms with van der Waals surface area (Å²) in [5, 5.41) is 19.4. The van der Waals surface area contributed by atoms with Gasteiger partial charge < -0.3 is 32.8 Å². The number of hydrogen-bond donors (Lipinski definition) is 5. The van der Waals surface area contributed by atoms with Crippen molar-refractivity contribution in [3.8, 4) is 0 Å². The zero-order valence-corrected chi connectivity index (χ0v) is 45.3. The Labute approximate surface area is 462 Å². The Morgan fingerprint density at radius 3 is 0.848 bits per heavy atom. The van der Waals surface area contributed by atoms with Crippen LogP contribution < -0.4 is 22.9 Å². The number of hydrogen-bond acceptors (Lipinski definition) is 9. The third-order valence-corrected chi connectivity index (χ3v) is 12.0. The van der Waals surface area contributed by atoms with E-state index in [1.165, 1.54) is 64.8 Å². The van der Waals surface area contributed by atoms with Crippen molar-refractivity contribution < 1.29 is 24.4 Å². The molecule has 0 bridgehead atoms. The van der Waals surface area contributed by atoms with E-state index in [1.54, 1.807) is 48.5 Å². The Bertz CT molecular complexity index is 3240. The number of carboxylic acid groups (broad SMARTS) is 1. The fraction of sp³-hybridized carbons (Fsp3) is 0.156. The van der Waals surface area contributed by atoms with E-state index < -0.39 is 10.9 Å². The fourth-order valence-corrected chi connectivity index (χ4v) is 7.00. The largest absolute Gasteiger partial charge is 0.478 e. The van der Waals surface area contributed by atoms with Gasteiger partial charge in [-0.25, -0.2) is 9.59 Å².